The molecule has 2 atom stereocenters. The maximum atomic E-state index is 13.2. The van der Waals surface area contributed by atoms with Crippen LogP contribution in [0.1, 0.15) is 13.8 Å². The van der Waals surface area contributed by atoms with Crippen LogP contribution in [0.4, 0.5) is 10.1 Å². The molecule has 0 amide bonds. The molecule has 0 aliphatic carbocycles. The van der Waals surface area contributed by atoms with Crippen LogP contribution >= 0.6 is 27.7 Å². The Kier molecular flexibility index (Phi) is 4.91. The van der Waals surface area contributed by atoms with E-state index in [0.29, 0.717) is 4.90 Å². The predicted molar refractivity (Wildman–Crippen MR) is 67.8 cm³/mol. The van der Waals surface area contributed by atoms with E-state index in [1.807, 2.05) is 0 Å². The predicted octanol–water partition coefficient (Wildman–Crippen LogP) is 3.36. The largest absolute Gasteiger partial charge is 0.392 e. The third-order valence-electron chi connectivity index (χ3n) is 2.19. The Morgan fingerprint density at radius 2 is 2.12 bits per heavy atom. The highest BCUT2D eigenvalue weighted by molar-refractivity contribution is 9.10. The summed E-state index contributed by atoms with van der Waals surface area (Å²) in [4.78, 5) is 10.5. The molecule has 0 spiro atoms. The number of rotatable bonds is 4. The topological polar surface area (TPSA) is 63.4 Å². The Bertz CT molecular complexity index is 442. The zero-order chi connectivity index (χ0) is 13.2. The van der Waals surface area contributed by atoms with Gasteiger partial charge in [0.05, 0.1) is 26.5 Å². The Morgan fingerprint density at radius 1 is 1.53 bits per heavy atom. The minimum absolute atomic E-state index is 0.170. The Labute approximate surface area is 110 Å². The van der Waals surface area contributed by atoms with Crippen molar-refractivity contribution < 1.29 is 14.4 Å². The Hall–Kier alpha value is -0.660. The van der Waals surface area contributed by atoms with Crippen LogP contribution in [0.3, 0.4) is 0 Å². The van der Waals surface area contributed by atoms with Crippen LogP contribution in [0.5, 0.6) is 0 Å². The fraction of sp³-hybridized carbons (Fsp3) is 0.400. The van der Waals surface area contributed by atoms with E-state index in [4.69, 9.17) is 0 Å². The molecule has 0 aromatic heterocycles. The molecule has 7 heteroatoms. The van der Waals surface area contributed by atoms with Crippen LogP contribution in [0.25, 0.3) is 0 Å². The molecule has 1 rings (SSSR count). The number of hydrogen-bond donors (Lipinski definition) is 1. The fourth-order valence-electron chi connectivity index (χ4n) is 1.05. The SMILES string of the molecule is CC(O)C(C)Sc1cc(Br)c(F)cc1[N+](=O)[O-]. The van der Waals surface area contributed by atoms with E-state index in [1.165, 1.54) is 6.07 Å². The van der Waals surface area contributed by atoms with Crippen molar-refractivity contribution in [3.8, 4) is 0 Å². The van der Waals surface area contributed by atoms with Crippen molar-refractivity contribution in [2.45, 2.75) is 30.1 Å². The lowest BCUT2D eigenvalue weighted by molar-refractivity contribution is -0.387. The standard InChI is InChI=1S/C10H11BrFNO3S/c1-5(14)6(2)17-10-3-7(11)8(12)4-9(10)13(15)16/h3-6,14H,1-2H3. The van der Waals surface area contributed by atoms with E-state index >= 15 is 0 Å². The van der Waals surface area contributed by atoms with Gasteiger partial charge in [-0.3, -0.25) is 10.1 Å². The molecule has 2 unspecified atom stereocenters. The summed E-state index contributed by atoms with van der Waals surface area (Å²) in [5, 5.41) is 19.9. The van der Waals surface area contributed by atoms with E-state index in [2.05, 4.69) is 15.9 Å². The molecule has 0 heterocycles. The minimum Gasteiger partial charge on any atom is -0.392 e. The lowest BCUT2D eigenvalue weighted by atomic mass is 10.3. The van der Waals surface area contributed by atoms with Crippen molar-refractivity contribution in [1.29, 1.82) is 0 Å². The van der Waals surface area contributed by atoms with Gasteiger partial charge < -0.3 is 5.11 Å². The molecule has 0 fully saturated rings. The zero-order valence-electron chi connectivity index (χ0n) is 9.18. The Morgan fingerprint density at radius 3 is 2.59 bits per heavy atom. The second-order valence-electron chi connectivity index (χ2n) is 3.55. The van der Waals surface area contributed by atoms with Gasteiger partial charge in [-0.2, -0.15) is 0 Å². The number of nitro benzene ring substituents is 1. The molecule has 0 aliphatic heterocycles. The van der Waals surface area contributed by atoms with E-state index in [9.17, 15) is 19.6 Å². The highest BCUT2D eigenvalue weighted by atomic mass is 79.9. The van der Waals surface area contributed by atoms with Gasteiger partial charge in [0.25, 0.3) is 5.69 Å². The first-order chi connectivity index (χ1) is 7.82. The molecular formula is C10H11BrFNO3S. The van der Waals surface area contributed by atoms with Gasteiger partial charge in [-0.25, -0.2) is 4.39 Å². The van der Waals surface area contributed by atoms with Crippen molar-refractivity contribution in [3.05, 3.63) is 32.5 Å². The highest BCUT2D eigenvalue weighted by Gasteiger charge is 2.21. The molecule has 0 aliphatic rings. The summed E-state index contributed by atoms with van der Waals surface area (Å²) in [7, 11) is 0. The number of benzene rings is 1. The number of thioether (sulfide) groups is 1. The monoisotopic (exact) mass is 323 g/mol. The average molecular weight is 324 g/mol. The second-order valence-corrected chi connectivity index (χ2v) is 5.83. The summed E-state index contributed by atoms with van der Waals surface area (Å²) in [6.07, 6.45) is -0.608. The van der Waals surface area contributed by atoms with Crippen molar-refractivity contribution in [2.24, 2.45) is 0 Å². The summed E-state index contributed by atoms with van der Waals surface area (Å²) in [6, 6.07) is 2.23. The van der Waals surface area contributed by atoms with E-state index in [0.717, 1.165) is 17.8 Å². The zero-order valence-corrected chi connectivity index (χ0v) is 11.6. The summed E-state index contributed by atoms with van der Waals surface area (Å²) in [6.45, 7) is 3.35. The molecule has 0 saturated carbocycles. The third-order valence-corrected chi connectivity index (χ3v) is 4.15. The van der Waals surface area contributed by atoms with Crippen LogP contribution < -0.4 is 0 Å². The summed E-state index contributed by atoms with van der Waals surface area (Å²) in [5.41, 5.74) is -0.289. The second kappa shape index (κ2) is 5.79. The number of hydrogen-bond acceptors (Lipinski definition) is 4. The summed E-state index contributed by atoms with van der Waals surface area (Å²) < 4.78 is 13.4. The van der Waals surface area contributed by atoms with Gasteiger partial charge in [-0.1, -0.05) is 6.92 Å². The van der Waals surface area contributed by atoms with Gasteiger partial charge in [0, 0.05) is 5.25 Å². The molecule has 1 aromatic carbocycles. The number of nitro groups is 1. The van der Waals surface area contributed by atoms with Crippen LogP contribution in [0.2, 0.25) is 0 Å². The number of nitrogens with zero attached hydrogens (tertiary/aromatic N) is 1. The van der Waals surface area contributed by atoms with Gasteiger partial charge in [-0.05, 0) is 28.9 Å². The summed E-state index contributed by atoms with van der Waals surface area (Å²) in [5.74, 6) is -0.675. The van der Waals surface area contributed by atoms with Gasteiger partial charge in [-0.15, -0.1) is 11.8 Å². The van der Waals surface area contributed by atoms with Gasteiger partial charge in [0.1, 0.15) is 5.82 Å². The first kappa shape index (κ1) is 14.4. The average Bonchev–Trinajstić information content (AvgIpc) is 2.22. The van der Waals surface area contributed by atoms with Crippen molar-refractivity contribution >= 4 is 33.4 Å². The molecule has 94 valence electrons. The molecule has 0 saturated heterocycles. The number of aliphatic hydroxyl groups is 1. The lowest BCUT2D eigenvalue weighted by Gasteiger charge is -2.14. The third kappa shape index (κ3) is 3.65. The van der Waals surface area contributed by atoms with Crippen molar-refractivity contribution in [2.75, 3.05) is 0 Å². The number of aliphatic hydroxyl groups excluding tert-OH is 1. The summed E-state index contributed by atoms with van der Waals surface area (Å²) >= 11 is 4.12. The fourth-order valence-corrected chi connectivity index (χ4v) is 2.59. The minimum atomic E-state index is -0.675. The maximum Gasteiger partial charge on any atom is 0.285 e. The van der Waals surface area contributed by atoms with Crippen LogP contribution in [-0.2, 0) is 0 Å². The molecule has 1 N–H and O–H groups in total. The normalized spacial score (nSPS) is 14.4. The van der Waals surface area contributed by atoms with Crippen molar-refractivity contribution in [1.82, 2.24) is 0 Å². The quantitative estimate of drug-likeness (QED) is 0.524. The molecule has 1 aromatic rings. The smallest absolute Gasteiger partial charge is 0.285 e. The molecule has 17 heavy (non-hydrogen) atoms. The van der Waals surface area contributed by atoms with Gasteiger partial charge in [0.15, 0.2) is 0 Å². The van der Waals surface area contributed by atoms with Gasteiger partial charge in [0.2, 0.25) is 0 Å². The first-order valence-electron chi connectivity index (χ1n) is 4.81. The molecule has 0 radical (unpaired) electrons. The van der Waals surface area contributed by atoms with Crippen LogP contribution in [0.15, 0.2) is 21.5 Å². The molecular weight excluding hydrogens is 313 g/mol. The van der Waals surface area contributed by atoms with E-state index < -0.39 is 16.8 Å². The Balaban J connectivity index is 3.13. The maximum absolute atomic E-state index is 13.2. The van der Waals surface area contributed by atoms with E-state index in [-0.39, 0.29) is 15.4 Å². The van der Waals surface area contributed by atoms with Crippen molar-refractivity contribution in [3.63, 3.8) is 0 Å². The molecule has 4 nitrogen and oxygen atoms in total. The van der Waals surface area contributed by atoms with Crippen LogP contribution in [-0.4, -0.2) is 21.4 Å². The number of halogens is 2. The molecule has 0 bridgehead atoms. The highest BCUT2D eigenvalue weighted by Crippen LogP contribution is 2.36. The van der Waals surface area contributed by atoms with Crippen LogP contribution in [0, 0.1) is 15.9 Å². The first-order valence-corrected chi connectivity index (χ1v) is 6.48. The lowest BCUT2D eigenvalue weighted by Crippen LogP contribution is -2.15. The van der Waals surface area contributed by atoms with Gasteiger partial charge >= 0.3 is 0 Å². The van der Waals surface area contributed by atoms with E-state index in [1.54, 1.807) is 13.8 Å².